The summed E-state index contributed by atoms with van der Waals surface area (Å²) in [7, 11) is 0. The van der Waals surface area contributed by atoms with Gasteiger partial charge in [0.05, 0.1) is 0 Å². The van der Waals surface area contributed by atoms with E-state index in [9.17, 15) is 0 Å². The van der Waals surface area contributed by atoms with Gasteiger partial charge in [-0.1, -0.05) is 6.92 Å². The van der Waals surface area contributed by atoms with Gasteiger partial charge in [-0.2, -0.15) is 24.1 Å². The van der Waals surface area contributed by atoms with E-state index in [1.54, 1.807) is 0 Å². The van der Waals surface area contributed by atoms with Crippen molar-refractivity contribution in [2.75, 3.05) is 0 Å². The molecule has 6 heteroatoms. The maximum absolute atomic E-state index is 5.42. The molecule has 0 aliphatic carbocycles. The van der Waals surface area contributed by atoms with Crippen LogP contribution in [0.2, 0.25) is 0 Å². The average Bonchev–Trinajstić information content (AvgIpc) is 2.28. The van der Waals surface area contributed by atoms with Crippen LogP contribution in [0.3, 0.4) is 0 Å². The molecule has 1 rings (SSSR count). The van der Waals surface area contributed by atoms with E-state index >= 15 is 0 Å². The second-order valence-electron chi connectivity index (χ2n) is 3.32. The van der Waals surface area contributed by atoms with Gasteiger partial charge in [-0.25, -0.2) is 10.9 Å². The predicted octanol–water partition coefficient (Wildman–Crippen LogP) is 0.353. The van der Waals surface area contributed by atoms with Gasteiger partial charge in [-0.05, 0) is 12.5 Å². The first kappa shape index (κ1) is 18.3. The molecule has 0 saturated heterocycles. The topological polar surface area (TPSA) is 76.1 Å². The number of nitrogens with one attached hydrogen (secondary N) is 2. The van der Waals surface area contributed by atoms with E-state index in [0.29, 0.717) is 0 Å². The number of nitrogens with two attached hydrogens (primary N) is 2. The summed E-state index contributed by atoms with van der Waals surface area (Å²) in [5.41, 5.74) is 6.85. The van der Waals surface area contributed by atoms with Crippen LogP contribution >= 0.6 is 0 Å². The molecule has 1 aromatic rings. The average molecular weight is 303 g/mol. The Bertz CT molecular complexity index is 285. The van der Waals surface area contributed by atoms with Crippen LogP contribution in [-0.2, 0) is 39.8 Å². The molecule has 0 atom stereocenters. The SMILES string of the molecule is C[CH-]c1ccc(C(C)(NN)NN)cc1.[Mn].[Mn]. The number of hydrazine groups is 2. The summed E-state index contributed by atoms with van der Waals surface area (Å²) in [5.74, 6) is 10.8. The van der Waals surface area contributed by atoms with Crippen LogP contribution in [0, 0.1) is 6.42 Å². The Morgan fingerprint density at radius 3 is 1.81 bits per heavy atom. The van der Waals surface area contributed by atoms with Crippen LogP contribution in [0.4, 0.5) is 0 Å². The van der Waals surface area contributed by atoms with Crippen molar-refractivity contribution in [3.63, 3.8) is 0 Å². The van der Waals surface area contributed by atoms with E-state index < -0.39 is 5.66 Å². The maximum Gasteiger partial charge on any atom is 0.114 e. The Labute approximate surface area is 118 Å². The van der Waals surface area contributed by atoms with E-state index in [0.717, 1.165) is 5.56 Å². The molecular weight excluding hydrogens is 286 g/mol. The molecule has 0 bridgehead atoms. The van der Waals surface area contributed by atoms with Gasteiger partial charge in [0.15, 0.2) is 0 Å². The van der Waals surface area contributed by atoms with E-state index in [1.165, 1.54) is 5.56 Å². The van der Waals surface area contributed by atoms with Crippen molar-refractivity contribution in [1.82, 2.24) is 10.9 Å². The number of benzene rings is 1. The summed E-state index contributed by atoms with van der Waals surface area (Å²) in [5, 5.41) is 0. The molecule has 6 N–H and O–H groups in total. The van der Waals surface area contributed by atoms with Crippen molar-refractivity contribution in [3.05, 3.63) is 41.8 Å². The van der Waals surface area contributed by atoms with Crippen LogP contribution in [-0.4, -0.2) is 0 Å². The van der Waals surface area contributed by atoms with E-state index in [2.05, 4.69) is 10.9 Å². The monoisotopic (exact) mass is 303 g/mol. The van der Waals surface area contributed by atoms with Crippen molar-refractivity contribution in [1.29, 1.82) is 0 Å². The van der Waals surface area contributed by atoms with Gasteiger partial charge in [0.25, 0.3) is 0 Å². The Morgan fingerprint density at radius 1 is 1.06 bits per heavy atom. The van der Waals surface area contributed by atoms with Crippen LogP contribution < -0.4 is 22.5 Å². The van der Waals surface area contributed by atoms with Crippen molar-refractivity contribution in [3.8, 4) is 0 Å². The summed E-state index contributed by atoms with van der Waals surface area (Å²) < 4.78 is 0. The molecule has 0 unspecified atom stereocenters. The van der Waals surface area contributed by atoms with Gasteiger partial charge in [-0.15, -0.1) is 12.1 Å². The third-order valence-corrected chi connectivity index (χ3v) is 2.40. The Balaban J connectivity index is 0. The molecule has 4 nitrogen and oxygen atoms in total. The van der Waals surface area contributed by atoms with Crippen molar-refractivity contribution >= 4 is 0 Å². The molecular formula is C10H17Mn2N4-. The minimum absolute atomic E-state index is 0. The molecule has 1 aromatic carbocycles. The maximum atomic E-state index is 5.42. The zero-order valence-corrected chi connectivity index (χ0v) is 11.7. The number of rotatable bonds is 4. The molecule has 0 saturated carbocycles. The van der Waals surface area contributed by atoms with E-state index in [-0.39, 0.29) is 34.1 Å². The van der Waals surface area contributed by atoms with Crippen LogP contribution in [0.15, 0.2) is 24.3 Å². The largest absolute Gasteiger partial charge is 0.269 e. The summed E-state index contributed by atoms with van der Waals surface area (Å²) >= 11 is 0. The normalized spacial score (nSPS) is 10.0. The molecule has 0 aliphatic heterocycles. The molecule has 0 spiro atoms. The first-order valence-corrected chi connectivity index (χ1v) is 4.51. The number of hydrogen-bond donors (Lipinski definition) is 4. The minimum Gasteiger partial charge on any atom is -0.269 e. The zero-order valence-electron chi connectivity index (χ0n) is 9.30. The van der Waals surface area contributed by atoms with Gasteiger partial charge >= 0.3 is 0 Å². The Morgan fingerprint density at radius 2 is 1.50 bits per heavy atom. The summed E-state index contributed by atoms with van der Waals surface area (Å²) in [4.78, 5) is 0. The van der Waals surface area contributed by atoms with Gasteiger partial charge in [0.1, 0.15) is 5.66 Å². The van der Waals surface area contributed by atoms with E-state index in [1.807, 2.05) is 44.5 Å². The minimum atomic E-state index is -0.591. The van der Waals surface area contributed by atoms with Crippen molar-refractivity contribution in [2.24, 2.45) is 11.7 Å². The summed E-state index contributed by atoms with van der Waals surface area (Å²) in [6.07, 6.45) is 2.03. The molecule has 0 heterocycles. The van der Waals surface area contributed by atoms with Gasteiger partial charge in [-0.3, -0.25) is 11.7 Å². The molecule has 0 aromatic heterocycles. The molecule has 2 radical (unpaired) electrons. The molecule has 0 amide bonds. The third-order valence-electron chi connectivity index (χ3n) is 2.40. The fraction of sp³-hybridized carbons (Fsp3) is 0.300. The number of hydrogen-bond acceptors (Lipinski definition) is 4. The smallest absolute Gasteiger partial charge is 0.114 e. The Kier molecular flexibility index (Phi) is 9.30. The van der Waals surface area contributed by atoms with E-state index in [4.69, 9.17) is 11.7 Å². The van der Waals surface area contributed by atoms with Crippen LogP contribution in [0.1, 0.15) is 25.0 Å². The molecule has 0 fully saturated rings. The quantitative estimate of drug-likeness (QED) is 0.213. The first-order chi connectivity index (χ1) is 6.66. The van der Waals surface area contributed by atoms with Gasteiger partial charge < -0.3 is 0 Å². The van der Waals surface area contributed by atoms with Crippen molar-refractivity contribution in [2.45, 2.75) is 19.5 Å². The van der Waals surface area contributed by atoms with Gasteiger partial charge in [0.2, 0.25) is 0 Å². The van der Waals surface area contributed by atoms with Crippen molar-refractivity contribution < 1.29 is 34.1 Å². The third kappa shape index (κ3) is 4.09. The zero-order chi connectivity index (χ0) is 10.6. The van der Waals surface area contributed by atoms with Crippen LogP contribution in [0.5, 0.6) is 0 Å². The molecule has 16 heavy (non-hydrogen) atoms. The van der Waals surface area contributed by atoms with Gasteiger partial charge in [0, 0.05) is 34.1 Å². The second kappa shape index (κ2) is 8.12. The molecule has 92 valence electrons. The fourth-order valence-electron chi connectivity index (χ4n) is 1.22. The Hall–Kier alpha value is -0.0310. The standard InChI is InChI=1S/C10H17N4.2Mn/c1-3-8-4-6-9(7-5-8)10(2,13-11)14-12;;/h3-7,13-14H,11-12H2,1-2H3;;/q-1;;. The summed E-state index contributed by atoms with van der Waals surface area (Å²) in [6, 6.07) is 7.99. The fourth-order valence-corrected chi connectivity index (χ4v) is 1.22. The first-order valence-electron chi connectivity index (χ1n) is 4.51. The second-order valence-corrected chi connectivity index (χ2v) is 3.32. The summed E-state index contributed by atoms with van der Waals surface area (Å²) in [6.45, 7) is 3.87. The van der Waals surface area contributed by atoms with Crippen LogP contribution in [0.25, 0.3) is 0 Å². The predicted molar refractivity (Wildman–Crippen MR) is 57.5 cm³/mol. The molecule has 0 aliphatic rings.